The molecule has 2 amide bonds. The van der Waals surface area contributed by atoms with Crippen LogP contribution >= 0.6 is 0 Å². The van der Waals surface area contributed by atoms with Crippen LogP contribution in [0, 0.1) is 5.92 Å². The fourth-order valence-electron chi connectivity index (χ4n) is 2.57. The first-order valence-electron chi connectivity index (χ1n) is 7.41. The van der Waals surface area contributed by atoms with Crippen molar-refractivity contribution in [2.75, 3.05) is 18.8 Å². The van der Waals surface area contributed by atoms with E-state index < -0.39 is 39.7 Å². The van der Waals surface area contributed by atoms with Crippen LogP contribution in [0.1, 0.15) is 12.0 Å². The molecule has 0 radical (unpaired) electrons. The van der Waals surface area contributed by atoms with Gasteiger partial charge in [0.2, 0.25) is 10.0 Å². The SMILES string of the molecule is NC(=O)NS(=O)(=O)C[C@H](Oc1ccc(C(F)(F)F)cc1)C1CCNC1. The van der Waals surface area contributed by atoms with E-state index in [1.165, 1.54) is 0 Å². The molecule has 0 aromatic heterocycles. The molecule has 1 aromatic rings. The van der Waals surface area contributed by atoms with E-state index in [4.69, 9.17) is 10.5 Å². The zero-order chi connectivity index (χ0) is 18.7. The Morgan fingerprint density at radius 3 is 2.48 bits per heavy atom. The molecule has 2 atom stereocenters. The first-order chi connectivity index (χ1) is 11.6. The number of alkyl halides is 3. The third-order valence-electron chi connectivity index (χ3n) is 3.73. The van der Waals surface area contributed by atoms with Gasteiger partial charge in [-0.3, -0.25) is 0 Å². The van der Waals surface area contributed by atoms with E-state index in [2.05, 4.69) is 5.32 Å². The van der Waals surface area contributed by atoms with Gasteiger partial charge in [0.25, 0.3) is 0 Å². The molecule has 1 aromatic carbocycles. The van der Waals surface area contributed by atoms with Gasteiger partial charge in [0.15, 0.2) is 0 Å². The van der Waals surface area contributed by atoms with Gasteiger partial charge in [-0.15, -0.1) is 0 Å². The number of primary amides is 1. The second-order valence-electron chi connectivity index (χ2n) is 5.68. The average Bonchev–Trinajstić information content (AvgIpc) is 2.98. The molecule has 0 bridgehead atoms. The highest BCUT2D eigenvalue weighted by molar-refractivity contribution is 7.90. The summed E-state index contributed by atoms with van der Waals surface area (Å²) < 4.78 is 68.9. The van der Waals surface area contributed by atoms with Crippen LogP contribution in [-0.2, 0) is 16.2 Å². The fourth-order valence-corrected chi connectivity index (χ4v) is 3.73. The number of ether oxygens (including phenoxy) is 1. The largest absolute Gasteiger partial charge is 0.489 e. The number of rotatable bonds is 6. The fraction of sp³-hybridized carbons (Fsp3) is 0.500. The third-order valence-corrected chi connectivity index (χ3v) is 5.01. The van der Waals surface area contributed by atoms with Gasteiger partial charge in [-0.05, 0) is 37.2 Å². The lowest BCUT2D eigenvalue weighted by Crippen LogP contribution is -2.43. The lowest BCUT2D eigenvalue weighted by atomic mass is 10.0. The van der Waals surface area contributed by atoms with Gasteiger partial charge in [0.05, 0.1) is 5.56 Å². The van der Waals surface area contributed by atoms with Crippen molar-refractivity contribution in [1.82, 2.24) is 10.0 Å². The van der Waals surface area contributed by atoms with Crippen molar-refractivity contribution in [2.45, 2.75) is 18.7 Å². The Kier molecular flexibility index (Phi) is 5.78. The number of urea groups is 1. The molecule has 1 saturated heterocycles. The van der Waals surface area contributed by atoms with E-state index in [0.717, 1.165) is 24.3 Å². The molecule has 1 heterocycles. The van der Waals surface area contributed by atoms with Crippen molar-refractivity contribution in [2.24, 2.45) is 11.7 Å². The summed E-state index contributed by atoms with van der Waals surface area (Å²) in [4.78, 5) is 10.8. The molecule has 0 aliphatic carbocycles. The molecule has 2 rings (SSSR count). The molecule has 140 valence electrons. The van der Waals surface area contributed by atoms with Crippen molar-refractivity contribution in [1.29, 1.82) is 0 Å². The Labute approximate surface area is 142 Å². The van der Waals surface area contributed by atoms with Crippen molar-refractivity contribution in [3.63, 3.8) is 0 Å². The van der Waals surface area contributed by atoms with E-state index in [-0.39, 0.29) is 11.7 Å². The van der Waals surface area contributed by atoms with Crippen molar-refractivity contribution < 1.29 is 31.1 Å². The van der Waals surface area contributed by atoms with Crippen molar-refractivity contribution in [3.05, 3.63) is 29.8 Å². The maximum atomic E-state index is 12.6. The normalized spacial score (nSPS) is 19.4. The van der Waals surface area contributed by atoms with E-state index in [0.29, 0.717) is 19.5 Å². The summed E-state index contributed by atoms with van der Waals surface area (Å²) in [7, 11) is -4.03. The first kappa shape index (κ1) is 19.3. The predicted molar refractivity (Wildman–Crippen MR) is 83.3 cm³/mol. The molecule has 4 N–H and O–H groups in total. The monoisotopic (exact) mass is 381 g/mol. The number of nitrogens with two attached hydrogens (primary N) is 1. The van der Waals surface area contributed by atoms with Crippen LogP contribution in [0.4, 0.5) is 18.0 Å². The Morgan fingerprint density at radius 1 is 1.36 bits per heavy atom. The molecule has 1 fully saturated rings. The van der Waals surface area contributed by atoms with Crippen LogP contribution in [0.3, 0.4) is 0 Å². The number of carbonyl (C=O) groups excluding carboxylic acids is 1. The number of hydrogen-bond acceptors (Lipinski definition) is 5. The van der Waals surface area contributed by atoms with E-state index >= 15 is 0 Å². The number of sulfonamides is 1. The zero-order valence-electron chi connectivity index (χ0n) is 13.0. The highest BCUT2D eigenvalue weighted by atomic mass is 32.2. The van der Waals surface area contributed by atoms with Crippen LogP contribution in [0.15, 0.2) is 24.3 Å². The average molecular weight is 381 g/mol. The highest BCUT2D eigenvalue weighted by Gasteiger charge is 2.33. The molecule has 0 saturated carbocycles. The Hall–Kier alpha value is -2.01. The molecule has 1 aliphatic heterocycles. The van der Waals surface area contributed by atoms with E-state index in [1.807, 2.05) is 0 Å². The van der Waals surface area contributed by atoms with Crippen LogP contribution in [-0.4, -0.2) is 39.4 Å². The van der Waals surface area contributed by atoms with E-state index in [1.54, 1.807) is 4.72 Å². The summed E-state index contributed by atoms with van der Waals surface area (Å²) >= 11 is 0. The third kappa shape index (κ3) is 5.78. The Balaban J connectivity index is 2.14. The first-order valence-corrected chi connectivity index (χ1v) is 9.06. The summed E-state index contributed by atoms with van der Waals surface area (Å²) in [6.07, 6.45) is -4.68. The van der Waals surface area contributed by atoms with Crippen LogP contribution < -0.4 is 20.5 Å². The number of carbonyl (C=O) groups is 1. The number of halogens is 3. The number of nitrogens with one attached hydrogen (secondary N) is 2. The minimum Gasteiger partial charge on any atom is -0.489 e. The topological polar surface area (TPSA) is 111 Å². The second-order valence-corrected chi connectivity index (χ2v) is 7.45. The quantitative estimate of drug-likeness (QED) is 0.683. The van der Waals surface area contributed by atoms with Crippen molar-refractivity contribution >= 4 is 16.1 Å². The number of amides is 2. The van der Waals surface area contributed by atoms with Gasteiger partial charge in [0, 0.05) is 12.5 Å². The maximum Gasteiger partial charge on any atom is 0.416 e. The second kappa shape index (κ2) is 7.48. The minimum absolute atomic E-state index is 0.110. The predicted octanol–water partition coefficient (Wildman–Crippen LogP) is 1.06. The Morgan fingerprint density at radius 2 is 2.00 bits per heavy atom. The summed E-state index contributed by atoms with van der Waals surface area (Å²) in [5, 5.41) is 3.06. The van der Waals surface area contributed by atoms with Crippen molar-refractivity contribution in [3.8, 4) is 5.75 Å². The van der Waals surface area contributed by atoms with Gasteiger partial charge < -0.3 is 15.8 Å². The van der Waals surface area contributed by atoms with Gasteiger partial charge in [-0.2, -0.15) is 13.2 Å². The van der Waals surface area contributed by atoms with Crippen LogP contribution in [0.2, 0.25) is 0 Å². The maximum absolute atomic E-state index is 12.6. The molecule has 1 aliphatic rings. The molecular weight excluding hydrogens is 363 g/mol. The molecular formula is C14H18F3N3O4S. The van der Waals surface area contributed by atoms with E-state index in [9.17, 15) is 26.4 Å². The van der Waals surface area contributed by atoms with Crippen LogP contribution in [0.25, 0.3) is 0 Å². The Bertz CT molecular complexity index is 701. The lowest BCUT2D eigenvalue weighted by molar-refractivity contribution is -0.137. The van der Waals surface area contributed by atoms with Gasteiger partial charge in [0.1, 0.15) is 17.6 Å². The number of hydrogen-bond donors (Lipinski definition) is 3. The molecule has 25 heavy (non-hydrogen) atoms. The molecule has 11 heteroatoms. The summed E-state index contributed by atoms with van der Waals surface area (Å²) in [6.45, 7) is 1.16. The summed E-state index contributed by atoms with van der Waals surface area (Å²) in [5.74, 6) is -0.602. The summed E-state index contributed by atoms with van der Waals surface area (Å²) in [5.41, 5.74) is 4.00. The van der Waals surface area contributed by atoms with Gasteiger partial charge in [-0.1, -0.05) is 0 Å². The van der Waals surface area contributed by atoms with Gasteiger partial charge in [-0.25, -0.2) is 17.9 Å². The van der Waals surface area contributed by atoms with Gasteiger partial charge >= 0.3 is 12.2 Å². The zero-order valence-corrected chi connectivity index (χ0v) is 13.9. The standard InChI is InChI=1S/C14H18F3N3O4S/c15-14(16,17)10-1-3-11(4-2-10)24-12(9-5-6-19-7-9)8-25(22,23)20-13(18)21/h1-4,9,12,19H,5-8H2,(H3,18,20,21)/t9?,12-/m0/s1. The minimum atomic E-state index is -4.47. The molecule has 1 unspecified atom stereocenters. The number of benzene rings is 1. The molecule has 0 spiro atoms. The lowest BCUT2D eigenvalue weighted by Gasteiger charge is -2.24. The molecule has 7 nitrogen and oxygen atoms in total. The highest BCUT2D eigenvalue weighted by Crippen LogP contribution is 2.31. The smallest absolute Gasteiger partial charge is 0.416 e. The summed E-state index contributed by atoms with van der Waals surface area (Å²) in [6, 6.07) is 2.77. The van der Waals surface area contributed by atoms with Crippen LogP contribution in [0.5, 0.6) is 5.75 Å².